The Labute approximate surface area is 161 Å². The summed E-state index contributed by atoms with van der Waals surface area (Å²) in [6.07, 6.45) is 3.14. The van der Waals surface area contributed by atoms with Gasteiger partial charge >= 0.3 is 0 Å². The number of thiocarbonyl (C=S) groups is 1. The monoisotopic (exact) mass is 421 g/mol. The summed E-state index contributed by atoms with van der Waals surface area (Å²) in [6.45, 7) is 9.83. The third kappa shape index (κ3) is 4.16. The zero-order chi connectivity index (χ0) is 18.6. The first kappa shape index (κ1) is 19.3. The summed E-state index contributed by atoms with van der Waals surface area (Å²) in [5, 5.41) is 2.64. The van der Waals surface area contributed by atoms with E-state index in [2.05, 4.69) is 46.6 Å². The molecule has 0 bridgehead atoms. The maximum atomic E-state index is 12.5. The standard InChI is InChI=1S/C18H20BrN3O2S/c1-4-9-22-17(24)13(16(23)20-18(22)25)10-12-7-8-15(14(19)11-12)21(5-2)6-3/h4,7-8,10-11H,1,5-6,9H2,2-3H3,(H,20,23,25)/b13-10+. The summed E-state index contributed by atoms with van der Waals surface area (Å²) in [5.41, 5.74) is 1.88. The van der Waals surface area contributed by atoms with E-state index in [-0.39, 0.29) is 17.2 Å². The summed E-state index contributed by atoms with van der Waals surface area (Å²) in [5.74, 6) is -0.906. The molecule has 0 radical (unpaired) electrons. The molecule has 1 aromatic carbocycles. The van der Waals surface area contributed by atoms with Crippen molar-refractivity contribution in [1.82, 2.24) is 10.2 Å². The van der Waals surface area contributed by atoms with Crippen molar-refractivity contribution in [3.63, 3.8) is 0 Å². The summed E-state index contributed by atoms with van der Waals surface area (Å²) >= 11 is 8.61. The Kier molecular flexibility index (Phi) is 6.50. The van der Waals surface area contributed by atoms with Crippen LogP contribution >= 0.6 is 28.1 Å². The fraction of sp³-hybridized carbons (Fsp3) is 0.278. The van der Waals surface area contributed by atoms with Gasteiger partial charge in [0.15, 0.2) is 5.11 Å². The molecule has 1 saturated heterocycles. The molecule has 1 aliphatic heterocycles. The Bertz CT molecular complexity index is 757. The summed E-state index contributed by atoms with van der Waals surface area (Å²) in [7, 11) is 0. The van der Waals surface area contributed by atoms with Gasteiger partial charge in [-0.15, -0.1) is 6.58 Å². The Morgan fingerprint density at radius 1 is 1.32 bits per heavy atom. The Morgan fingerprint density at radius 2 is 2.00 bits per heavy atom. The lowest BCUT2D eigenvalue weighted by atomic mass is 10.1. The Hall–Kier alpha value is -1.99. The number of rotatable bonds is 6. The van der Waals surface area contributed by atoms with Gasteiger partial charge in [-0.1, -0.05) is 12.1 Å². The first-order chi connectivity index (χ1) is 11.9. The molecule has 1 fully saturated rings. The zero-order valence-corrected chi connectivity index (χ0v) is 16.6. The van der Waals surface area contributed by atoms with Gasteiger partial charge in [-0.25, -0.2) is 0 Å². The number of amides is 2. The van der Waals surface area contributed by atoms with Gasteiger partial charge < -0.3 is 4.90 Å². The van der Waals surface area contributed by atoms with E-state index in [4.69, 9.17) is 12.2 Å². The summed E-state index contributed by atoms with van der Waals surface area (Å²) in [6, 6.07) is 5.75. The van der Waals surface area contributed by atoms with E-state index in [0.717, 1.165) is 28.8 Å². The molecular weight excluding hydrogens is 402 g/mol. The van der Waals surface area contributed by atoms with Gasteiger partial charge in [0.25, 0.3) is 11.8 Å². The molecule has 5 nitrogen and oxygen atoms in total. The van der Waals surface area contributed by atoms with Crippen molar-refractivity contribution in [3.8, 4) is 0 Å². The van der Waals surface area contributed by atoms with Crippen LogP contribution in [-0.4, -0.2) is 41.5 Å². The molecule has 132 valence electrons. The average molecular weight is 422 g/mol. The molecule has 25 heavy (non-hydrogen) atoms. The second-order valence-electron chi connectivity index (χ2n) is 5.40. The molecule has 1 aliphatic rings. The molecule has 1 aromatic rings. The van der Waals surface area contributed by atoms with Crippen LogP contribution in [0.3, 0.4) is 0 Å². The van der Waals surface area contributed by atoms with Crippen LogP contribution in [0.1, 0.15) is 19.4 Å². The number of benzene rings is 1. The smallest absolute Gasteiger partial charge is 0.265 e. The van der Waals surface area contributed by atoms with Crippen LogP contribution in [0.25, 0.3) is 6.08 Å². The molecule has 0 saturated carbocycles. The van der Waals surface area contributed by atoms with E-state index < -0.39 is 11.8 Å². The number of hydrogen-bond donors (Lipinski definition) is 1. The fourth-order valence-electron chi connectivity index (χ4n) is 2.59. The maximum absolute atomic E-state index is 12.5. The number of hydrogen-bond acceptors (Lipinski definition) is 4. The second-order valence-corrected chi connectivity index (χ2v) is 6.65. The molecule has 0 spiro atoms. The third-order valence-corrected chi connectivity index (χ3v) is 4.84. The second kappa shape index (κ2) is 8.40. The van der Waals surface area contributed by atoms with Crippen molar-refractivity contribution < 1.29 is 9.59 Å². The highest BCUT2D eigenvalue weighted by atomic mass is 79.9. The van der Waals surface area contributed by atoms with Crippen molar-refractivity contribution >= 4 is 56.8 Å². The highest BCUT2D eigenvalue weighted by Crippen LogP contribution is 2.28. The molecule has 0 atom stereocenters. The van der Waals surface area contributed by atoms with Gasteiger partial charge in [0.1, 0.15) is 5.57 Å². The third-order valence-electron chi connectivity index (χ3n) is 3.88. The minimum Gasteiger partial charge on any atom is -0.371 e. The van der Waals surface area contributed by atoms with E-state index in [1.54, 1.807) is 12.2 Å². The van der Waals surface area contributed by atoms with Gasteiger partial charge in [-0.05, 0) is 65.8 Å². The minimum atomic E-state index is -0.487. The quantitative estimate of drug-likeness (QED) is 0.331. The highest BCUT2D eigenvalue weighted by Gasteiger charge is 2.32. The Balaban J connectivity index is 2.36. The number of halogens is 1. The van der Waals surface area contributed by atoms with E-state index in [1.165, 1.54) is 4.90 Å². The molecule has 0 aliphatic carbocycles. The van der Waals surface area contributed by atoms with Gasteiger partial charge in [0, 0.05) is 24.1 Å². The Morgan fingerprint density at radius 3 is 2.56 bits per heavy atom. The highest BCUT2D eigenvalue weighted by molar-refractivity contribution is 9.10. The van der Waals surface area contributed by atoms with Crippen molar-refractivity contribution in [3.05, 3.63) is 46.5 Å². The summed E-state index contributed by atoms with van der Waals surface area (Å²) < 4.78 is 0.910. The van der Waals surface area contributed by atoms with Crippen LogP contribution in [0.15, 0.2) is 40.9 Å². The molecule has 2 amide bonds. The lowest BCUT2D eigenvalue weighted by molar-refractivity contribution is -0.128. The van der Waals surface area contributed by atoms with Crippen molar-refractivity contribution in [1.29, 1.82) is 0 Å². The predicted octanol–water partition coefficient (Wildman–Crippen LogP) is 3.11. The number of anilines is 1. The van der Waals surface area contributed by atoms with Crippen molar-refractivity contribution in [2.24, 2.45) is 0 Å². The molecule has 1 N–H and O–H groups in total. The van der Waals surface area contributed by atoms with Gasteiger partial charge in [0.2, 0.25) is 0 Å². The van der Waals surface area contributed by atoms with Crippen LogP contribution in [0.4, 0.5) is 5.69 Å². The molecule has 1 heterocycles. The van der Waals surface area contributed by atoms with Crippen LogP contribution in [0.2, 0.25) is 0 Å². The molecule has 0 unspecified atom stereocenters. The number of carbonyl (C=O) groups excluding carboxylic acids is 2. The lowest BCUT2D eigenvalue weighted by Crippen LogP contribution is -2.53. The van der Waals surface area contributed by atoms with Crippen LogP contribution < -0.4 is 10.2 Å². The molecular formula is C18H20BrN3O2S. The van der Waals surface area contributed by atoms with Crippen molar-refractivity contribution in [2.75, 3.05) is 24.5 Å². The molecule has 2 rings (SSSR count). The van der Waals surface area contributed by atoms with Crippen LogP contribution in [0, 0.1) is 0 Å². The number of carbonyl (C=O) groups is 2. The van der Waals surface area contributed by atoms with Gasteiger partial charge in [-0.3, -0.25) is 19.8 Å². The SMILES string of the molecule is C=CCN1C(=O)/C(=C/c2ccc(N(CC)CC)c(Br)c2)C(=O)NC1=S. The molecule has 0 aromatic heterocycles. The minimum absolute atomic E-state index is 0.0536. The number of nitrogens with one attached hydrogen (secondary N) is 1. The largest absolute Gasteiger partial charge is 0.371 e. The van der Waals surface area contributed by atoms with Crippen LogP contribution in [0.5, 0.6) is 0 Å². The van der Waals surface area contributed by atoms with Crippen molar-refractivity contribution in [2.45, 2.75) is 13.8 Å². The fourth-order valence-corrected chi connectivity index (χ4v) is 3.49. The predicted molar refractivity (Wildman–Crippen MR) is 108 cm³/mol. The molecule has 7 heteroatoms. The van der Waals surface area contributed by atoms with E-state index in [9.17, 15) is 9.59 Å². The number of nitrogens with zero attached hydrogens (tertiary/aromatic N) is 2. The topological polar surface area (TPSA) is 52.7 Å². The zero-order valence-electron chi connectivity index (χ0n) is 14.2. The first-order valence-corrected chi connectivity index (χ1v) is 9.17. The van der Waals surface area contributed by atoms with E-state index in [0.29, 0.717) is 0 Å². The lowest BCUT2D eigenvalue weighted by Gasteiger charge is -2.28. The average Bonchev–Trinajstić information content (AvgIpc) is 2.58. The first-order valence-electron chi connectivity index (χ1n) is 7.97. The van der Waals surface area contributed by atoms with Gasteiger partial charge in [-0.2, -0.15) is 0 Å². The normalized spacial score (nSPS) is 16.2. The van der Waals surface area contributed by atoms with E-state index in [1.807, 2.05) is 18.2 Å². The van der Waals surface area contributed by atoms with E-state index >= 15 is 0 Å². The van der Waals surface area contributed by atoms with Gasteiger partial charge in [0.05, 0.1) is 5.69 Å². The maximum Gasteiger partial charge on any atom is 0.265 e. The summed E-state index contributed by atoms with van der Waals surface area (Å²) in [4.78, 5) is 28.2. The van der Waals surface area contributed by atoms with Crippen LogP contribution in [-0.2, 0) is 9.59 Å².